The van der Waals surface area contributed by atoms with Gasteiger partial charge in [-0.05, 0) is 64.4 Å². The SMILES string of the molecule is CC1(C)Cc2cccc(OCCCN3CCC(c4cnc5ccccc5n4)CC3)c2O1. The Hall–Kier alpha value is -2.66. The molecule has 2 aromatic carbocycles. The van der Waals surface area contributed by atoms with E-state index in [1.54, 1.807) is 0 Å². The maximum atomic E-state index is 6.11. The van der Waals surface area contributed by atoms with Crippen LogP contribution < -0.4 is 9.47 Å². The summed E-state index contributed by atoms with van der Waals surface area (Å²) < 4.78 is 12.2. The van der Waals surface area contributed by atoms with Gasteiger partial charge in [-0.2, -0.15) is 0 Å². The monoisotopic (exact) mass is 417 g/mol. The number of para-hydroxylation sites is 3. The summed E-state index contributed by atoms with van der Waals surface area (Å²) in [6, 6.07) is 14.3. The number of hydrogen-bond acceptors (Lipinski definition) is 5. The molecule has 2 aliphatic heterocycles. The van der Waals surface area contributed by atoms with E-state index in [9.17, 15) is 0 Å². The molecule has 5 rings (SSSR count). The topological polar surface area (TPSA) is 47.5 Å². The number of hydrogen-bond donors (Lipinski definition) is 0. The zero-order valence-corrected chi connectivity index (χ0v) is 18.5. The van der Waals surface area contributed by atoms with Gasteiger partial charge in [-0.15, -0.1) is 0 Å². The van der Waals surface area contributed by atoms with Crippen LogP contribution in [-0.2, 0) is 6.42 Å². The van der Waals surface area contributed by atoms with E-state index in [2.05, 4.69) is 41.9 Å². The van der Waals surface area contributed by atoms with Gasteiger partial charge in [0.05, 0.1) is 23.3 Å². The Morgan fingerprint density at radius 3 is 2.71 bits per heavy atom. The van der Waals surface area contributed by atoms with E-state index < -0.39 is 0 Å². The second-order valence-electron chi connectivity index (χ2n) is 9.38. The van der Waals surface area contributed by atoms with Gasteiger partial charge < -0.3 is 14.4 Å². The number of aromatic nitrogens is 2. The van der Waals surface area contributed by atoms with Crippen molar-refractivity contribution in [1.82, 2.24) is 14.9 Å². The van der Waals surface area contributed by atoms with Gasteiger partial charge in [-0.25, -0.2) is 4.98 Å². The van der Waals surface area contributed by atoms with Crippen molar-refractivity contribution in [3.8, 4) is 11.5 Å². The lowest BCUT2D eigenvalue weighted by atomic mass is 9.93. The van der Waals surface area contributed by atoms with Crippen molar-refractivity contribution >= 4 is 11.0 Å². The van der Waals surface area contributed by atoms with Gasteiger partial charge in [-0.1, -0.05) is 24.3 Å². The molecule has 0 aliphatic carbocycles. The molecule has 162 valence electrons. The van der Waals surface area contributed by atoms with E-state index in [1.807, 2.05) is 30.5 Å². The van der Waals surface area contributed by atoms with Gasteiger partial charge in [0.1, 0.15) is 5.60 Å². The highest BCUT2D eigenvalue weighted by molar-refractivity contribution is 5.73. The third-order valence-corrected chi connectivity index (χ3v) is 6.40. The average molecular weight is 418 g/mol. The molecule has 0 radical (unpaired) electrons. The van der Waals surface area contributed by atoms with Gasteiger partial charge in [0.15, 0.2) is 11.5 Å². The van der Waals surface area contributed by atoms with E-state index in [4.69, 9.17) is 14.5 Å². The van der Waals surface area contributed by atoms with Crippen LogP contribution in [0, 0.1) is 0 Å². The van der Waals surface area contributed by atoms with E-state index in [0.29, 0.717) is 5.92 Å². The maximum absolute atomic E-state index is 6.11. The molecule has 0 bridgehead atoms. The molecule has 5 heteroatoms. The predicted octanol–water partition coefficient (Wildman–Crippen LogP) is 4.99. The van der Waals surface area contributed by atoms with Gasteiger partial charge in [0.2, 0.25) is 0 Å². The number of likely N-dealkylation sites (tertiary alicyclic amines) is 1. The van der Waals surface area contributed by atoms with Crippen LogP contribution in [0.25, 0.3) is 11.0 Å². The zero-order valence-electron chi connectivity index (χ0n) is 18.5. The highest BCUT2D eigenvalue weighted by Gasteiger charge is 2.32. The first kappa shape index (κ1) is 20.3. The molecule has 0 atom stereocenters. The molecule has 0 amide bonds. The third kappa shape index (κ3) is 4.52. The summed E-state index contributed by atoms with van der Waals surface area (Å²) in [6.45, 7) is 8.26. The summed E-state index contributed by atoms with van der Waals surface area (Å²) >= 11 is 0. The Labute approximate surface area is 184 Å². The number of benzene rings is 2. The molecule has 0 N–H and O–H groups in total. The summed E-state index contributed by atoms with van der Waals surface area (Å²) in [5.74, 6) is 2.33. The minimum absolute atomic E-state index is 0.137. The minimum atomic E-state index is -0.137. The Morgan fingerprint density at radius 2 is 1.87 bits per heavy atom. The van der Waals surface area contributed by atoms with Gasteiger partial charge in [0, 0.05) is 30.6 Å². The molecule has 1 saturated heterocycles. The fraction of sp³-hybridized carbons (Fsp3) is 0.462. The fourth-order valence-electron chi connectivity index (χ4n) is 4.79. The van der Waals surface area contributed by atoms with Crippen molar-refractivity contribution in [2.75, 3.05) is 26.2 Å². The van der Waals surface area contributed by atoms with E-state index in [1.165, 1.54) is 5.56 Å². The molecule has 3 aromatic rings. The number of rotatable bonds is 6. The smallest absolute Gasteiger partial charge is 0.165 e. The Morgan fingerprint density at radius 1 is 1.06 bits per heavy atom. The Kier molecular flexibility index (Phi) is 5.53. The van der Waals surface area contributed by atoms with Crippen LogP contribution in [0.3, 0.4) is 0 Å². The molecule has 3 heterocycles. The van der Waals surface area contributed by atoms with Crippen LogP contribution in [0.15, 0.2) is 48.7 Å². The Bertz CT molecular complexity index is 1060. The molecular formula is C26H31N3O2. The normalized spacial score (nSPS) is 18.6. The molecule has 0 unspecified atom stereocenters. The van der Waals surface area contributed by atoms with E-state index in [0.717, 1.165) is 80.2 Å². The van der Waals surface area contributed by atoms with Crippen LogP contribution in [0.5, 0.6) is 11.5 Å². The molecule has 5 nitrogen and oxygen atoms in total. The van der Waals surface area contributed by atoms with Crippen molar-refractivity contribution in [2.24, 2.45) is 0 Å². The van der Waals surface area contributed by atoms with Gasteiger partial charge >= 0.3 is 0 Å². The first-order chi connectivity index (χ1) is 15.1. The second kappa shape index (κ2) is 8.46. The lowest BCUT2D eigenvalue weighted by Gasteiger charge is -2.31. The summed E-state index contributed by atoms with van der Waals surface area (Å²) in [4.78, 5) is 12.0. The summed E-state index contributed by atoms with van der Waals surface area (Å²) in [5, 5.41) is 0. The summed E-state index contributed by atoms with van der Waals surface area (Å²) in [7, 11) is 0. The van der Waals surface area contributed by atoms with Crippen molar-refractivity contribution in [3.63, 3.8) is 0 Å². The molecule has 0 spiro atoms. The quantitative estimate of drug-likeness (QED) is 0.529. The molecule has 1 aromatic heterocycles. The number of nitrogens with zero attached hydrogens (tertiary/aromatic N) is 3. The first-order valence-electron chi connectivity index (χ1n) is 11.5. The van der Waals surface area contributed by atoms with Crippen molar-refractivity contribution in [2.45, 2.75) is 51.0 Å². The molecular weight excluding hydrogens is 386 g/mol. The molecule has 31 heavy (non-hydrogen) atoms. The van der Waals surface area contributed by atoms with Crippen LogP contribution in [0.4, 0.5) is 0 Å². The van der Waals surface area contributed by atoms with Gasteiger partial charge in [-0.3, -0.25) is 4.98 Å². The molecule has 0 saturated carbocycles. The van der Waals surface area contributed by atoms with Crippen LogP contribution >= 0.6 is 0 Å². The fourth-order valence-corrected chi connectivity index (χ4v) is 4.79. The van der Waals surface area contributed by atoms with E-state index in [-0.39, 0.29) is 5.60 Å². The predicted molar refractivity (Wildman–Crippen MR) is 123 cm³/mol. The van der Waals surface area contributed by atoms with Crippen molar-refractivity contribution in [1.29, 1.82) is 0 Å². The first-order valence-corrected chi connectivity index (χ1v) is 11.5. The molecule has 1 fully saturated rings. The third-order valence-electron chi connectivity index (χ3n) is 6.40. The highest BCUT2D eigenvalue weighted by atomic mass is 16.5. The lowest BCUT2D eigenvalue weighted by Crippen LogP contribution is -2.34. The number of fused-ring (bicyclic) bond motifs is 2. The maximum Gasteiger partial charge on any atom is 0.165 e. The van der Waals surface area contributed by atoms with Crippen LogP contribution in [0.1, 0.15) is 50.3 Å². The number of ether oxygens (including phenoxy) is 2. The van der Waals surface area contributed by atoms with Crippen molar-refractivity contribution in [3.05, 3.63) is 59.9 Å². The Balaban J connectivity index is 1.09. The van der Waals surface area contributed by atoms with Gasteiger partial charge in [0.25, 0.3) is 0 Å². The lowest BCUT2D eigenvalue weighted by molar-refractivity contribution is 0.131. The van der Waals surface area contributed by atoms with Crippen molar-refractivity contribution < 1.29 is 9.47 Å². The summed E-state index contributed by atoms with van der Waals surface area (Å²) in [5.41, 5.74) is 4.23. The standard InChI is InChI=1S/C26H31N3O2/c1-26(2)17-20-7-5-10-24(25(20)31-26)30-16-6-13-29-14-11-19(12-15-29)23-18-27-21-8-3-4-9-22(21)28-23/h3-5,7-10,18-19H,6,11-17H2,1-2H3. The molecule has 2 aliphatic rings. The average Bonchev–Trinajstić information content (AvgIpc) is 3.11. The number of piperidine rings is 1. The largest absolute Gasteiger partial charge is 0.490 e. The highest BCUT2D eigenvalue weighted by Crippen LogP contribution is 2.41. The minimum Gasteiger partial charge on any atom is -0.490 e. The summed E-state index contributed by atoms with van der Waals surface area (Å²) in [6.07, 6.45) is 6.22. The second-order valence-corrected chi connectivity index (χ2v) is 9.38. The van der Waals surface area contributed by atoms with Crippen LogP contribution in [0.2, 0.25) is 0 Å². The van der Waals surface area contributed by atoms with E-state index >= 15 is 0 Å². The van der Waals surface area contributed by atoms with Crippen LogP contribution in [-0.4, -0.2) is 46.7 Å². The zero-order chi connectivity index (χ0) is 21.3.